The lowest BCUT2D eigenvalue weighted by Crippen LogP contribution is -2.51. The predicted octanol–water partition coefficient (Wildman–Crippen LogP) is 4.20. The lowest BCUT2D eigenvalue weighted by atomic mass is 10.0. The zero-order valence-corrected chi connectivity index (χ0v) is 19.3. The molecule has 1 fully saturated rings. The van der Waals surface area contributed by atoms with E-state index in [4.69, 9.17) is 4.74 Å². The maximum absolute atomic E-state index is 12.5. The van der Waals surface area contributed by atoms with Crippen LogP contribution in [-0.4, -0.2) is 70.5 Å². The van der Waals surface area contributed by atoms with Crippen LogP contribution in [0.25, 0.3) is 22.4 Å². The smallest absolute Gasteiger partial charge is 0.409 e. The molecule has 0 unspecified atom stereocenters. The molecule has 0 N–H and O–H groups in total. The van der Waals surface area contributed by atoms with E-state index in [2.05, 4.69) is 34.5 Å². The fraction of sp³-hybridized carbons (Fsp3) is 0.280. The van der Waals surface area contributed by atoms with Crippen LogP contribution < -0.4 is 0 Å². The molecular formula is C25H26N4O3S. The summed E-state index contributed by atoms with van der Waals surface area (Å²) in [5.74, 6) is 0.324. The van der Waals surface area contributed by atoms with E-state index in [0.29, 0.717) is 43.6 Å². The van der Waals surface area contributed by atoms with Crippen LogP contribution in [-0.2, 0) is 9.53 Å². The average Bonchev–Trinajstić information content (AvgIpc) is 2.88. The maximum Gasteiger partial charge on any atom is 0.409 e. The minimum Gasteiger partial charge on any atom is -0.450 e. The molecule has 7 nitrogen and oxygen atoms in total. The molecule has 3 aromatic rings. The summed E-state index contributed by atoms with van der Waals surface area (Å²) in [4.78, 5) is 27.7. The largest absolute Gasteiger partial charge is 0.450 e. The van der Waals surface area contributed by atoms with Gasteiger partial charge in [0.2, 0.25) is 5.91 Å². The van der Waals surface area contributed by atoms with Crippen molar-refractivity contribution in [2.24, 2.45) is 0 Å². The Balaban J connectivity index is 1.28. The van der Waals surface area contributed by atoms with Crippen molar-refractivity contribution in [1.82, 2.24) is 20.0 Å². The first-order valence-electron chi connectivity index (χ1n) is 11.0. The molecule has 1 aliphatic rings. The van der Waals surface area contributed by atoms with Crippen LogP contribution in [0.4, 0.5) is 4.79 Å². The van der Waals surface area contributed by atoms with Gasteiger partial charge in [0.25, 0.3) is 0 Å². The number of hydrogen-bond acceptors (Lipinski definition) is 6. The Bertz CT molecular complexity index is 1070. The van der Waals surface area contributed by atoms with Gasteiger partial charge in [-0.1, -0.05) is 66.4 Å². The van der Waals surface area contributed by atoms with Gasteiger partial charge in [-0.05, 0) is 30.2 Å². The van der Waals surface area contributed by atoms with E-state index < -0.39 is 0 Å². The topological polar surface area (TPSA) is 75.6 Å². The second-order valence-corrected chi connectivity index (χ2v) is 8.55. The summed E-state index contributed by atoms with van der Waals surface area (Å²) < 4.78 is 5.01. The van der Waals surface area contributed by atoms with E-state index in [0.717, 1.165) is 16.8 Å². The monoisotopic (exact) mass is 462 g/mol. The molecule has 0 saturated carbocycles. The Morgan fingerprint density at radius 2 is 1.45 bits per heavy atom. The summed E-state index contributed by atoms with van der Waals surface area (Å²) in [6.45, 7) is 4.16. The molecule has 0 atom stereocenters. The second-order valence-electron chi connectivity index (χ2n) is 7.56. The number of thioether (sulfide) groups is 1. The molecule has 4 rings (SSSR count). The molecule has 33 heavy (non-hydrogen) atoms. The molecule has 1 saturated heterocycles. The van der Waals surface area contributed by atoms with Gasteiger partial charge in [-0.25, -0.2) is 4.79 Å². The molecule has 0 radical (unpaired) electrons. The van der Waals surface area contributed by atoms with Gasteiger partial charge in [0, 0.05) is 31.7 Å². The molecule has 2 heterocycles. The van der Waals surface area contributed by atoms with Gasteiger partial charge in [-0.3, -0.25) is 4.79 Å². The molecule has 0 bridgehead atoms. The van der Waals surface area contributed by atoms with E-state index in [1.165, 1.54) is 17.3 Å². The van der Waals surface area contributed by atoms with Gasteiger partial charge in [0.05, 0.1) is 18.1 Å². The number of carbonyl (C=O) groups is 2. The minimum atomic E-state index is -0.316. The first kappa shape index (κ1) is 22.8. The van der Waals surface area contributed by atoms with E-state index in [1.54, 1.807) is 16.7 Å². The first-order valence-corrected chi connectivity index (χ1v) is 11.9. The van der Waals surface area contributed by atoms with E-state index in [-0.39, 0.29) is 12.0 Å². The maximum atomic E-state index is 12.5. The normalized spacial score (nSPS) is 13.6. The number of aromatic nitrogens is 2. The third-order valence-electron chi connectivity index (χ3n) is 5.43. The number of rotatable bonds is 6. The Labute approximate surface area is 197 Å². The van der Waals surface area contributed by atoms with Crippen LogP contribution in [0.3, 0.4) is 0 Å². The lowest BCUT2D eigenvalue weighted by Gasteiger charge is -2.34. The van der Waals surface area contributed by atoms with E-state index in [9.17, 15) is 9.59 Å². The molecule has 0 spiro atoms. The summed E-state index contributed by atoms with van der Waals surface area (Å²) >= 11 is 1.37. The third kappa shape index (κ3) is 5.90. The van der Waals surface area contributed by atoms with Gasteiger partial charge in [0.15, 0.2) is 0 Å². The van der Waals surface area contributed by atoms with E-state index in [1.807, 2.05) is 42.5 Å². The standard InChI is InChI=1S/C25H26N4O3S/c1-2-32-25(31)29-16-14-28(15-17-29)24(30)18-33-23-13-12-22(26-27-23)21-10-8-20(9-11-21)19-6-4-3-5-7-19/h3-13H,2,14-18H2,1H3. The number of carbonyl (C=O) groups excluding carboxylic acids is 2. The highest BCUT2D eigenvalue weighted by Crippen LogP contribution is 2.24. The summed E-state index contributed by atoms with van der Waals surface area (Å²) in [5, 5.41) is 9.32. The van der Waals surface area contributed by atoms with Crippen LogP contribution in [0, 0.1) is 0 Å². The zero-order valence-electron chi connectivity index (χ0n) is 18.5. The number of ether oxygens (including phenoxy) is 1. The van der Waals surface area contributed by atoms with Crippen molar-refractivity contribution in [3.63, 3.8) is 0 Å². The molecule has 1 aliphatic heterocycles. The zero-order chi connectivity index (χ0) is 23.0. The van der Waals surface area contributed by atoms with Crippen molar-refractivity contribution in [3.8, 4) is 22.4 Å². The molecule has 2 amide bonds. The van der Waals surface area contributed by atoms with Crippen molar-refractivity contribution >= 4 is 23.8 Å². The van der Waals surface area contributed by atoms with Gasteiger partial charge in [-0.15, -0.1) is 10.2 Å². The quantitative estimate of drug-likeness (QED) is 0.511. The molecule has 170 valence electrons. The molecule has 0 aliphatic carbocycles. The Kier molecular flexibility index (Phi) is 7.57. The predicted molar refractivity (Wildman–Crippen MR) is 129 cm³/mol. The summed E-state index contributed by atoms with van der Waals surface area (Å²) in [7, 11) is 0. The first-order chi connectivity index (χ1) is 16.1. The fourth-order valence-corrected chi connectivity index (χ4v) is 4.31. The van der Waals surface area contributed by atoms with Gasteiger partial charge < -0.3 is 14.5 Å². The fourth-order valence-electron chi connectivity index (χ4n) is 3.60. The van der Waals surface area contributed by atoms with Crippen molar-refractivity contribution < 1.29 is 14.3 Å². The average molecular weight is 463 g/mol. The SMILES string of the molecule is CCOC(=O)N1CCN(C(=O)CSc2ccc(-c3ccc(-c4ccccc4)cc3)nn2)CC1. The summed E-state index contributed by atoms with van der Waals surface area (Å²) in [6, 6.07) is 22.3. The highest BCUT2D eigenvalue weighted by atomic mass is 32.2. The highest BCUT2D eigenvalue weighted by molar-refractivity contribution is 7.99. The number of piperazine rings is 1. The number of nitrogens with zero attached hydrogens (tertiary/aromatic N) is 4. The summed E-state index contributed by atoms with van der Waals surface area (Å²) in [6.07, 6.45) is -0.316. The molecule has 1 aromatic heterocycles. The van der Waals surface area contributed by atoms with Crippen molar-refractivity contribution in [2.45, 2.75) is 11.9 Å². The second kappa shape index (κ2) is 11.0. The van der Waals surface area contributed by atoms with Gasteiger partial charge >= 0.3 is 6.09 Å². The van der Waals surface area contributed by atoms with Crippen molar-refractivity contribution in [3.05, 3.63) is 66.7 Å². The number of hydrogen-bond donors (Lipinski definition) is 0. The van der Waals surface area contributed by atoms with Gasteiger partial charge in [-0.2, -0.15) is 0 Å². The van der Waals surface area contributed by atoms with E-state index >= 15 is 0 Å². The van der Waals surface area contributed by atoms with Crippen molar-refractivity contribution in [2.75, 3.05) is 38.5 Å². The van der Waals surface area contributed by atoms with Crippen molar-refractivity contribution in [1.29, 1.82) is 0 Å². The molecule has 2 aromatic carbocycles. The lowest BCUT2D eigenvalue weighted by molar-refractivity contribution is -0.129. The molecule has 8 heteroatoms. The summed E-state index contributed by atoms with van der Waals surface area (Å²) in [5.41, 5.74) is 4.12. The Morgan fingerprint density at radius 1 is 0.818 bits per heavy atom. The molecular weight excluding hydrogens is 436 g/mol. The minimum absolute atomic E-state index is 0.0332. The van der Waals surface area contributed by atoms with Crippen LogP contribution >= 0.6 is 11.8 Å². The number of benzene rings is 2. The highest BCUT2D eigenvalue weighted by Gasteiger charge is 2.24. The third-order valence-corrected chi connectivity index (χ3v) is 6.33. The van der Waals surface area contributed by atoms with Crippen LogP contribution in [0.15, 0.2) is 71.8 Å². The van der Waals surface area contributed by atoms with Gasteiger partial charge in [0.1, 0.15) is 5.03 Å². The Hall–Kier alpha value is -3.39. The van der Waals surface area contributed by atoms with Crippen LogP contribution in [0.2, 0.25) is 0 Å². The van der Waals surface area contributed by atoms with Crippen LogP contribution in [0.1, 0.15) is 6.92 Å². The Morgan fingerprint density at radius 3 is 2.09 bits per heavy atom. The number of amides is 2. The van der Waals surface area contributed by atoms with Crippen LogP contribution in [0.5, 0.6) is 0 Å².